The lowest BCUT2D eigenvalue weighted by Gasteiger charge is -2.05. The maximum atomic E-state index is 13.9. The number of rotatable bonds is 1. The highest BCUT2D eigenvalue weighted by atomic mass is 79.9. The second-order valence-electron chi connectivity index (χ2n) is 3.44. The number of H-pyrrole nitrogens is 1. The molecule has 1 N–H and O–H groups in total. The van der Waals surface area contributed by atoms with Crippen LogP contribution >= 0.6 is 27.5 Å². The van der Waals surface area contributed by atoms with E-state index in [9.17, 15) is 9.18 Å². The molecule has 0 radical (unpaired) electrons. The van der Waals surface area contributed by atoms with E-state index in [0.717, 1.165) is 0 Å². The van der Waals surface area contributed by atoms with E-state index in [1.165, 1.54) is 12.1 Å². The van der Waals surface area contributed by atoms with Crippen LogP contribution in [0.15, 0.2) is 27.5 Å². The predicted molar refractivity (Wildman–Crippen MR) is 67.7 cm³/mol. The Morgan fingerprint density at radius 2 is 2.18 bits per heavy atom. The van der Waals surface area contributed by atoms with Crippen LogP contribution in [0.1, 0.15) is 5.82 Å². The maximum absolute atomic E-state index is 13.9. The van der Waals surface area contributed by atoms with Crippen LogP contribution in [-0.4, -0.2) is 9.97 Å². The molecule has 88 valence electrons. The quantitative estimate of drug-likeness (QED) is 0.820. The summed E-state index contributed by atoms with van der Waals surface area (Å²) in [5, 5.41) is -0.0257. The Bertz CT molecular complexity index is 642. The van der Waals surface area contributed by atoms with E-state index in [4.69, 9.17) is 11.6 Å². The molecule has 17 heavy (non-hydrogen) atoms. The Labute approximate surface area is 110 Å². The van der Waals surface area contributed by atoms with E-state index in [0.29, 0.717) is 10.3 Å². The van der Waals surface area contributed by atoms with Crippen molar-refractivity contribution in [1.29, 1.82) is 0 Å². The van der Waals surface area contributed by atoms with Crippen molar-refractivity contribution in [3.63, 3.8) is 0 Å². The van der Waals surface area contributed by atoms with E-state index in [1.54, 1.807) is 13.0 Å². The monoisotopic (exact) mass is 316 g/mol. The van der Waals surface area contributed by atoms with Crippen molar-refractivity contribution in [2.75, 3.05) is 0 Å². The number of hydrogen-bond acceptors (Lipinski definition) is 2. The van der Waals surface area contributed by atoms with Gasteiger partial charge in [-0.25, -0.2) is 9.37 Å². The van der Waals surface area contributed by atoms with Crippen LogP contribution in [0, 0.1) is 12.7 Å². The van der Waals surface area contributed by atoms with Crippen LogP contribution in [0.3, 0.4) is 0 Å². The molecule has 0 aliphatic carbocycles. The summed E-state index contributed by atoms with van der Waals surface area (Å²) in [5.74, 6) is -0.176. The fraction of sp³-hybridized carbons (Fsp3) is 0.0909. The molecule has 1 aromatic heterocycles. The van der Waals surface area contributed by atoms with Gasteiger partial charge in [-0.1, -0.05) is 11.6 Å². The van der Waals surface area contributed by atoms with Crippen LogP contribution < -0.4 is 5.56 Å². The minimum absolute atomic E-state index is 0.0257. The van der Waals surface area contributed by atoms with Crippen LogP contribution in [-0.2, 0) is 0 Å². The molecular weight excluding hydrogens is 310 g/mol. The van der Waals surface area contributed by atoms with Crippen molar-refractivity contribution >= 4 is 27.5 Å². The van der Waals surface area contributed by atoms with E-state index >= 15 is 0 Å². The number of halogens is 3. The van der Waals surface area contributed by atoms with Crippen molar-refractivity contribution in [1.82, 2.24) is 9.97 Å². The Balaban J connectivity index is 2.69. The molecular formula is C11H7BrClFN2O. The molecule has 2 aromatic rings. The normalized spacial score (nSPS) is 10.6. The Morgan fingerprint density at radius 3 is 2.82 bits per heavy atom. The zero-order valence-corrected chi connectivity index (χ0v) is 11.1. The van der Waals surface area contributed by atoms with Crippen LogP contribution in [0.25, 0.3) is 11.3 Å². The molecule has 1 aromatic carbocycles. The van der Waals surface area contributed by atoms with E-state index in [1.807, 2.05) is 0 Å². The summed E-state index contributed by atoms with van der Waals surface area (Å²) < 4.78 is 14.4. The fourth-order valence-electron chi connectivity index (χ4n) is 1.44. The third kappa shape index (κ3) is 2.40. The number of nitrogens with one attached hydrogen (secondary N) is 1. The second-order valence-corrected chi connectivity index (χ2v) is 4.67. The van der Waals surface area contributed by atoms with Gasteiger partial charge in [0.1, 0.15) is 5.82 Å². The highest BCUT2D eigenvalue weighted by molar-refractivity contribution is 9.10. The first-order chi connectivity index (χ1) is 7.99. The number of hydrogen-bond donors (Lipinski definition) is 1. The first-order valence-electron chi connectivity index (χ1n) is 4.71. The van der Waals surface area contributed by atoms with Crippen molar-refractivity contribution in [2.45, 2.75) is 6.92 Å². The first kappa shape index (κ1) is 12.3. The SMILES string of the molecule is Cc1nc(-c2ccc(Br)c(Cl)c2F)cc(=O)[nH]1. The number of aromatic nitrogens is 2. The molecule has 3 nitrogen and oxygen atoms in total. The largest absolute Gasteiger partial charge is 0.311 e. The van der Waals surface area contributed by atoms with Gasteiger partial charge in [0.2, 0.25) is 0 Å². The van der Waals surface area contributed by atoms with Gasteiger partial charge in [0.15, 0.2) is 5.82 Å². The molecule has 0 bridgehead atoms. The van der Waals surface area contributed by atoms with Gasteiger partial charge < -0.3 is 4.98 Å². The smallest absolute Gasteiger partial charge is 0.251 e. The summed E-state index contributed by atoms with van der Waals surface area (Å²) in [6, 6.07) is 4.36. The van der Waals surface area contributed by atoms with Crippen LogP contribution in [0.2, 0.25) is 5.02 Å². The van der Waals surface area contributed by atoms with E-state index < -0.39 is 5.82 Å². The highest BCUT2D eigenvalue weighted by Gasteiger charge is 2.13. The molecule has 0 aliphatic rings. The molecule has 0 amide bonds. The third-order valence-corrected chi connectivity index (χ3v) is 3.43. The van der Waals surface area contributed by atoms with Crippen LogP contribution in [0.5, 0.6) is 0 Å². The average molecular weight is 318 g/mol. The number of aryl methyl sites for hydroxylation is 1. The van der Waals surface area contributed by atoms with Gasteiger partial charge in [-0.15, -0.1) is 0 Å². The van der Waals surface area contributed by atoms with E-state index in [2.05, 4.69) is 25.9 Å². The van der Waals surface area contributed by atoms with Crippen LogP contribution in [0.4, 0.5) is 4.39 Å². The fourth-order valence-corrected chi connectivity index (χ4v) is 1.91. The van der Waals surface area contributed by atoms with Crippen molar-refractivity contribution in [2.24, 2.45) is 0 Å². The summed E-state index contributed by atoms with van der Waals surface area (Å²) in [5.41, 5.74) is 0.136. The summed E-state index contributed by atoms with van der Waals surface area (Å²) in [7, 11) is 0. The predicted octanol–water partition coefficient (Wildman–Crippen LogP) is 3.30. The van der Waals surface area contributed by atoms with Gasteiger partial charge in [0.05, 0.1) is 10.7 Å². The second kappa shape index (κ2) is 4.58. The van der Waals surface area contributed by atoms with Gasteiger partial charge in [-0.2, -0.15) is 0 Å². The minimum atomic E-state index is -0.599. The molecule has 0 aliphatic heterocycles. The molecule has 0 atom stereocenters. The lowest BCUT2D eigenvalue weighted by Crippen LogP contribution is -2.09. The first-order valence-corrected chi connectivity index (χ1v) is 5.88. The molecule has 0 unspecified atom stereocenters. The lowest BCUT2D eigenvalue weighted by molar-refractivity contribution is 0.630. The Morgan fingerprint density at radius 1 is 1.47 bits per heavy atom. The van der Waals surface area contributed by atoms with Crippen molar-refractivity contribution in [3.05, 3.63) is 49.7 Å². The topological polar surface area (TPSA) is 45.8 Å². The summed E-state index contributed by atoms with van der Waals surface area (Å²) in [4.78, 5) is 17.8. The van der Waals surface area contributed by atoms with E-state index in [-0.39, 0.29) is 21.8 Å². The summed E-state index contributed by atoms with van der Waals surface area (Å²) in [6.45, 7) is 1.63. The zero-order chi connectivity index (χ0) is 12.6. The molecule has 0 spiro atoms. The number of nitrogens with zero attached hydrogens (tertiary/aromatic N) is 1. The van der Waals surface area contributed by atoms with Gasteiger partial charge >= 0.3 is 0 Å². The highest BCUT2D eigenvalue weighted by Crippen LogP contribution is 2.31. The number of aromatic amines is 1. The molecule has 1 heterocycles. The zero-order valence-electron chi connectivity index (χ0n) is 8.72. The summed E-state index contributed by atoms with van der Waals surface area (Å²) >= 11 is 8.90. The average Bonchev–Trinajstić information content (AvgIpc) is 2.24. The molecule has 2 rings (SSSR count). The molecule has 0 saturated carbocycles. The maximum Gasteiger partial charge on any atom is 0.251 e. The Hall–Kier alpha value is -1.20. The van der Waals surface area contributed by atoms with Gasteiger partial charge in [-0.05, 0) is 35.0 Å². The van der Waals surface area contributed by atoms with Gasteiger partial charge in [0.25, 0.3) is 5.56 Å². The van der Waals surface area contributed by atoms with Crippen molar-refractivity contribution < 1.29 is 4.39 Å². The van der Waals surface area contributed by atoms with Gasteiger partial charge in [-0.3, -0.25) is 4.79 Å². The molecule has 0 saturated heterocycles. The Kier molecular flexibility index (Phi) is 3.31. The number of benzene rings is 1. The standard InChI is InChI=1S/C11H7BrClFN2O/c1-5-15-8(4-9(17)16-5)6-2-3-7(12)10(13)11(6)14/h2-4H,1H3,(H,15,16,17). The van der Waals surface area contributed by atoms with Gasteiger partial charge in [0, 0.05) is 16.1 Å². The lowest BCUT2D eigenvalue weighted by atomic mass is 10.1. The van der Waals surface area contributed by atoms with Crippen molar-refractivity contribution in [3.8, 4) is 11.3 Å². The minimum Gasteiger partial charge on any atom is -0.311 e. The molecule has 0 fully saturated rings. The summed E-state index contributed by atoms with van der Waals surface area (Å²) in [6.07, 6.45) is 0. The third-order valence-electron chi connectivity index (χ3n) is 2.17. The molecule has 6 heteroatoms.